The Bertz CT molecular complexity index is 577. The van der Waals surface area contributed by atoms with Crippen molar-refractivity contribution < 1.29 is 9.47 Å². The Hall–Kier alpha value is -1.80. The zero-order valence-corrected chi connectivity index (χ0v) is 11.8. The smallest absolute Gasteiger partial charge is 0.189 e. The average Bonchev–Trinajstić information content (AvgIpc) is 2.92. The number of benzene rings is 2. The van der Waals surface area contributed by atoms with Crippen LogP contribution in [0.15, 0.2) is 48.5 Å². The van der Waals surface area contributed by atoms with Crippen LogP contribution in [0.5, 0.6) is 5.75 Å². The topological polar surface area (TPSA) is 18.5 Å². The number of aryl methyl sites for hydroxylation is 1. The molecule has 1 unspecified atom stereocenters. The van der Waals surface area contributed by atoms with Crippen LogP contribution in [0, 0.1) is 0 Å². The Morgan fingerprint density at radius 3 is 2.60 bits per heavy atom. The summed E-state index contributed by atoms with van der Waals surface area (Å²) in [6, 6.07) is 17.0. The quantitative estimate of drug-likeness (QED) is 0.599. The minimum atomic E-state index is 0.321. The minimum Gasteiger partial charge on any atom is -0.467 e. The third-order valence-electron chi connectivity index (χ3n) is 3.93. The molecule has 0 amide bonds. The molecule has 2 aromatic rings. The molecular formula is C18H20O2. The Labute approximate surface area is 120 Å². The van der Waals surface area contributed by atoms with Gasteiger partial charge in [-0.25, -0.2) is 0 Å². The van der Waals surface area contributed by atoms with Crippen LogP contribution in [-0.2, 0) is 11.2 Å². The molecule has 2 aromatic carbocycles. The van der Waals surface area contributed by atoms with E-state index < -0.39 is 0 Å². The fourth-order valence-electron chi connectivity index (χ4n) is 2.97. The zero-order chi connectivity index (χ0) is 13.8. The number of fused-ring (bicyclic) bond motifs is 1. The highest BCUT2D eigenvalue weighted by molar-refractivity contribution is 5.47. The summed E-state index contributed by atoms with van der Waals surface area (Å²) in [5.74, 6) is 1.40. The molecule has 0 bridgehead atoms. The molecule has 0 saturated carbocycles. The summed E-state index contributed by atoms with van der Waals surface area (Å²) in [4.78, 5) is 0. The van der Waals surface area contributed by atoms with Gasteiger partial charge >= 0.3 is 0 Å². The second-order valence-corrected chi connectivity index (χ2v) is 5.08. The third-order valence-corrected chi connectivity index (χ3v) is 3.93. The maximum absolute atomic E-state index is 5.78. The molecule has 0 aromatic heterocycles. The summed E-state index contributed by atoms with van der Waals surface area (Å²) in [5.41, 5.74) is 4.19. The second-order valence-electron chi connectivity index (χ2n) is 5.08. The molecule has 0 spiro atoms. The van der Waals surface area contributed by atoms with E-state index >= 15 is 0 Å². The normalized spacial score (nSPS) is 16.9. The molecule has 1 aliphatic carbocycles. The van der Waals surface area contributed by atoms with E-state index in [2.05, 4.69) is 36.4 Å². The lowest BCUT2D eigenvalue weighted by molar-refractivity contribution is 0.0217. The molecule has 104 valence electrons. The Kier molecular flexibility index (Phi) is 4.03. The highest BCUT2D eigenvalue weighted by Crippen LogP contribution is 2.41. The molecule has 1 aliphatic rings. The van der Waals surface area contributed by atoms with Crippen LogP contribution in [0.25, 0.3) is 0 Å². The zero-order valence-electron chi connectivity index (χ0n) is 11.8. The Morgan fingerprint density at radius 1 is 1.00 bits per heavy atom. The predicted octanol–water partition coefficient (Wildman–Crippen LogP) is 4.14. The molecule has 0 fully saturated rings. The van der Waals surface area contributed by atoms with Crippen molar-refractivity contribution in [2.75, 3.05) is 13.4 Å². The van der Waals surface area contributed by atoms with Gasteiger partial charge in [-0.15, -0.1) is 0 Å². The molecular weight excluding hydrogens is 248 g/mol. The van der Waals surface area contributed by atoms with Crippen LogP contribution in [0.1, 0.15) is 36.0 Å². The van der Waals surface area contributed by atoms with Gasteiger partial charge in [0.2, 0.25) is 0 Å². The summed E-state index contributed by atoms with van der Waals surface area (Å²) in [5, 5.41) is 0. The van der Waals surface area contributed by atoms with Crippen molar-refractivity contribution in [3.8, 4) is 5.75 Å². The fraction of sp³-hybridized carbons (Fsp3) is 0.333. The first-order valence-corrected chi connectivity index (χ1v) is 7.27. The third kappa shape index (κ3) is 2.56. The van der Waals surface area contributed by atoms with Gasteiger partial charge in [-0.2, -0.15) is 0 Å². The predicted molar refractivity (Wildman–Crippen MR) is 80.2 cm³/mol. The summed E-state index contributed by atoms with van der Waals surface area (Å²) in [6.45, 7) is 2.97. The van der Waals surface area contributed by atoms with E-state index in [9.17, 15) is 0 Å². The highest BCUT2D eigenvalue weighted by Gasteiger charge is 2.25. The van der Waals surface area contributed by atoms with E-state index in [1.807, 2.05) is 19.1 Å². The van der Waals surface area contributed by atoms with Gasteiger partial charge < -0.3 is 9.47 Å². The van der Waals surface area contributed by atoms with Crippen molar-refractivity contribution in [2.45, 2.75) is 25.7 Å². The molecule has 0 radical (unpaired) electrons. The number of para-hydroxylation sites is 1. The fourth-order valence-corrected chi connectivity index (χ4v) is 2.97. The van der Waals surface area contributed by atoms with Gasteiger partial charge in [0.15, 0.2) is 6.79 Å². The first kappa shape index (κ1) is 13.2. The standard InChI is InChI=1S/C18H20O2/c1-2-19-13-20-18-10-6-5-9-17(18)16-12-11-14-7-3-4-8-15(14)16/h3-10,16H,2,11-13H2,1H3. The Morgan fingerprint density at radius 2 is 1.75 bits per heavy atom. The van der Waals surface area contributed by atoms with Crippen LogP contribution >= 0.6 is 0 Å². The molecule has 2 heteroatoms. The largest absolute Gasteiger partial charge is 0.467 e. The summed E-state index contributed by atoms with van der Waals surface area (Å²) < 4.78 is 11.1. The van der Waals surface area contributed by atoms with Crippen LogP contribution in [-0.4, -0.2) is 13.4 Å². The second kappa shape index (κ2) is 6.10. The monoisotopic (exact) mass is 268 g/mol. The summed E-state index contributed by atoms with van der Waals surface area (Å²) >= 11 is 0. The SMILES string of the molecule is CCOCOc1ccccc1C1CCc2ccccc21. The lowest BCUT2D eigenvalue weighted by Crippen LogP contribution is -2.06. The maximum atomic E-state index is 5.78. The molecule has 2 nitrogen and oxygen atoms in total. The number of hydrogen-bond acceptors (Lipinski definition) is 2. The molecule has 0 N–H and O–H groups in total. The number of hydrogen-bond donors (Lipinski definition) is 0. The Balaban J connectivity index is 1.87. The van der Waals surface area contributed by atoms with Gasteiger partial charge in [-0.3, -0.25) is 0 Å². The highest BCUT2D eigenvalue weighted by atomic mass is 16.7. The lowest BCUT2D eigenvalue weighted by Gasteiger charge is -2.17. The van der Waals surface area contributed by atoms with Crippen LogP contribution in [0.2, 0.25) is 0 Å². The molecule has 20 heavy (non-hydrogen) atoms. The molecule has 0 saturated heterocycles. The van der Waals surface area contributed by atoms with Gasteiger partial charge in [0, 0.05) is 18.1 Å². The van der Waals surface area contributed by atoms with Gasteiger partial charge in [-0.05, 0) is 37.0 Å². The average molecular weight is 268 g/mol. The van der Waals surface area contributed by atoms with Crippen molar-refractivity contribution in [3.63, 3.8) is 0 Å². The first-order valence-electron chi connectivity index (χ1n) is 7.27. The molecule has 3 rings (SSSR count). The van der Waals surface area contributed by atoms with E-state index in [1.54, 1.807) is 0 Å². The van der Waals surface area contributed by atoms with Crippen molar-refractivity contribution in [1.29, 1.82) is 0 Å². The van der Waals surface area contributed by atoms with E-state index in [0.29, 0.717) is 19.3 Å². The van der Waals surface area contributed by atoms with Crippen LogP contribution < -0.4 is 4.74 Å². The number of ether oxygens (including phenoxy) is 2. The van der Waals surface area contributed by atoms with E-state index in [4.69, 9.17) is 9.47 Å². The van der Waals surface area contributed by atoms with Crippen LogP contribution in [0.3, 0.4) is 0 Å². The van der Waals surface area contributed by atoms with E-state index in [1.165, 1.54) is 16.7 Å². The van der Waals surface area contributed by atoms with Crippen molar-refractivity contribution in [3.05, 3.63) is 65.2 Å². The van der Waals surface area contributed by atoms with Crippen LogP contribution in [0.4, 0.5) is 0 Å². The van der Waals surface area contributed by atoms with Gasteiger partial charge in [-0.1, -0.05) is 42.5 Å². The minimum absolute atomic E-state index is 0.321. The molecule has 0 aliphatic heterocycles. The van der Waals surface area contributed by atoms with Gasteiger partial charge in [0.1, 0.15) is 5.75 Å². The molecule has 1 atom stereocenters. The maximum Gasteiger partial charge on any atom is 0.189 e. The van der Waals surface area contributed by atoms with Gasteiger partial charge in [0.05, 0.1) is 0 Å². The molecule has 0 heterocycles. The van der Waals surface area contributed by atoms with E-state index in [0.717, 1.165) is 18.6 Å². The van der Waals surface area contributed by atoms with E-state index in [-0.39, 0.29) is 0 Å². The lowest BCUT2D eigenvalue weighted by atomic mass is 9.92. The van der Waals surface area contributed by atoms with Crippen molar-refractivity contribution >= 4 is 0 Å². The van der Waals surface area contributed by atoms with Gasteiger partial charge in [0.25, 0.3) is 0 Å². The summed E-state index contributed by atoms with van der Waals surface area (Å²) in [6.07, 6.45) is 2.31. The number of rotatable bonds is 5. The first-order chi connectivity index (χ1) is 9.90. The van der Waals surface area contributed by atoms with Crippen molar-refractivity contribution in [2.24, 2.45) is 0 Å². The van der Waals surface area contributed by atoms with Crippen molar-refractivity contribution in [1.82, 2.24) is 0 Å². The summed E-state index contributed by atoms with van der Waals surface area (Å²) in [7, 11) is 0.